The van der Waals surface area contributed by atoms with Crippen molar-refractivity contribution < 1.29 is 31.5 Å². The van der Waals surface area contributed by atoms with Gasteiger partial charge < -0.3 is 10.0 Å². The second-order valence-corrected chi connectivity index (χ2v) is 7.11. The minimum Gasteiger partial charge on any atom is -0.465 e. The van der Waals surface area contributed by atoms with Crippen LogP contribution in [0.5, 0.6) is 0 Å². The molecule has 0 saturated carbocycles. The normalized spacial score (nSPS) is 20.5. The Labute approximate surface area is 131 Å². The summed E-state index contributed by atoms with van der Waals surface area (Å²) in [5, 5.41) is 8.92. The van der Waals surface area contributed by atoms with Crippen molar-refractivity contribution in [2.24, 2.45) is 0 Å². The van der Waals surface area contributed by atoms with Crippen molar-refractivity contribution in [1.82, 2.24) is 9.21 Å². The summed E-state index contributed by atoms with van der Waals surface area (Å²) < 4.78 is 63.7. The van der Waals surface area contributed by atoms with Gasteiger partial charge in [-0.3, -0.25) is 0 Å². The first kappa shape index (κ1) is 17.5. The Hall–Kier alpha value is -1.81. The third-order valence-corrected chi connectivity index (χ3v) is 5.65. The minimum atomic E-state index is -4.54. The molecule has 1 aromatic rings. The first-order valence-electron chi connectivity index (χ1n) is 6.70. The summed E-state index contributed by atoms with van der Waals surface area (Å²) in [6, 6.07) is 2.64. The predicted octanol–water partition coefficient (Wildman–Crippen LogP) is 2.08. The van der Waals surface area contributed by atoms with Crippen LogP contribution in [0.25, 0.3) is 0 Å². The highest BCUT2D eigenvalue weighted by atomic mass is 32.2. The first-order chi connectivity index (χ1) is 10.5. The molecule has 1 aliphatic rings. The molecule has 0 radical (unpaired) electrons. The van der Waals surface area contributed by atoms with Gasteiger partial charge in [0.15, 0.2) is 0 Å². The zero-order valence-electron chi connectivity index (χ0n) is 12.1. The van der Waals surface area contributed by atoms with Crippen molar-refractivity contribution in [3.05, 3.63) is 29.8 Å². The quantitative estimate of drug-likeness (QED) is 0.884. The van der Waals surface area contributed by atoms with Crippen molar-refractivity contribution in [2.45, 2.75) is 24.0 Å². The molecule has 1 amide bonds. The average Bonchev–Trinajstić information content (AvgIpc) is 2.46. The number of sulfonamides is 1. The van der Waals surface area contributed by atoms with Crippen LogP contribution in [0.3, 0.4) is 0 Å². The molecular weight excluding hydrogens is 337 g/mol. The maximum Gasteiger partial charge on any atom is 0.416 e. The highest BCUT2D eigenvalue weighted by Gasteiger charge is 2.36. The van der Waals surface area contributed by atoms with Crippen molar-refractivity contribution in [2.75, 3.05) is 19.6 Å². The summed E-state index contributed by atoms with van der Waals surface area (Å²) in [7, 11) is -3.98. The fraction of sp³-hybridized carbons (Fsp3) is 0.462. The molecule has 1 aromatic carbocycles. The largest absolute Gasteiger partial charge is 0.465 e. The van der Waals surface area contributed by atoms with Crippen LogP contribution in [0.15, 0.2) is 29.2 Å². The lowest BCUT2D eigenvalue weighted by Gasteiger charge is -2.37. The number of halogens is 3. The van der Waals surface area contributed by atoms with E-state index in [1.807, 2.05) is 0 Å². The van der Waals surface area contributed by atoms with Gasteiger partial charge in [0.2, 0.25) is 10.0 Å². The van der Waals surface area contributed by atoms with Gasteiger partial charge >= 0.3 is 12.3 Å². The average molecular weight is 352 g/mol. The standard InChI is InChI=1S/C13H15F3N2O4S/c1-9-8-17(12(19)20)6-7-18(9)23(21,22)11-4-2-10(3-5-11)13(14,15)16/h2-5,9H,6-8H2,1H3,(H,19,20)/t9-/m1/s1. The number of benzene rings is 1. The summed E-state index contributed by atoms with van der Waals surface area (Å²) in [5.41, 5.74) is -0.930. The fourth-order valence-electron chi connectivity index (χ4n) is 2.42. The topological polar surface area (TPSA) is 77.9 Å². The van der Waals surface area contributed by atoms with E-state index in [1.165, 1.54) is 0 Å². The van der Waals surface area contributed by atoms with Crippen molar-refractivity contribution in [3.63, 3.8) is 0 Å². The fourth-order valence-corrected chi connectivity index (χ4v) is 4.04. The molecule has 1 aliphatic heterocycles. The summed E-state index contributed by atoms with van der Waals surface area (Å²) in [5.74, 6) is 0. The number of alkyl halides is 3. The summed E-state index contributed by atoms with van der Waals surface area (Å²) in [4.78, 5) is 11.8. The van der Waals surface area contributed by atoms with Gasteiger partial charge in [-0.25, -0.2) is 13.2 Å². The molecule has 0 bridgehead atoms. The monoisotopic (exact) mass is 352 g/mol. The molecular formula is C13H15F3N2O4S. The van der Waals surface area contributed by atoms with E-state index in [4.69, 9.17) is 5.11 Å². The van der Waals surface area contributed by atoms with Crippen LogP contribution >= 0.6 is 0 Å². The van der Waals surface area contributed by atoms with E-state index in [1.54, 1.807) is 6.92 Å². The van der Waals surface area contributed by atoms with Gasteiger partial charge in [-0.2, -0.15) is 17.5 Å². The summed E-state index contributed by atoms with van der Waals surface area (Å²) >= 11 is 0. The Kier molecular flexibility index (Phi) is 4.58. The second kappa shape index (κ2) is 6.00. The van der Waals surface area contributed by atoms with E-state index in [0.29, 0.717) is 12.1 Å². The lowest BCUT2D eigenvalue weighted by Crippen LogP contribution is -2.55. The number of nitrogens with zero attached hydrogens (tertiary/aromatic N) is 2. The van der Waals surface area contributed by atoms with Gasteiger partial charge in [-0.05, 0) is 31.2 Å². The van der Waals surface area contributed by atoms with E-state index in [-0.39, 0.29) is 24.5 Å². The molecule has 0 unspecified atom stereocenters. The van der Waals surface area contributed by atoms with E-state index < -0.39 is 33.9 Å². The molecule has 1 heterocycles. The molecule has 1 saturated heterocycles. The molecule has 0 spiro atoms. The first-order valence-corrected chi connectivity index (χ1v) is 8.14. The smallest absolute Gasteiger partial charge is 0.416 e. The summed E-state index contributed by atoms with van der Waals surface area (Å²) in [6.45, 7) is 1.53. The maximum absolute atomic E-state index is 12.5. The Balaban J connectivity index is 2.23. The number of amides is 1. The van der Waals surface area contributed by atoms with E-state index in [9.17, 15) is 26.4 Å². The molecule has 10 heteroatoms. The van der Waals surface area contributed by atoms with Gasteiger partial charge in [0.25, 0.3) is 0 Å². The molecule has 1 atom stereocenters. The number of carboxylic acid groups (broad SMARTS) is 1. The number of rotatable bonds is 2. The van der Waals surface area contributed by atoms with E-state index in [0.717, 1.165) is 21.3 Å². The molecule has 1 N–H and O–H groups in total. The minimum absolute atomic E-state index is 0.00913. The maximum atomic E-state index is 12.5. The second-order valence-electron chi connectivity index (χ2n) is 5.22. The third kappa shape index (κ3) is 3.58. The molecule has 6 nitrogen and oxygen atoms in total. The third-order valence-electron chi connectivity index (χ3n) is 3.63. The lowest BCUT2D eigenvalue weighted by molar-refractivity contribution is -0.137. The van der Waals surface area contributed by atoms with Crippen molar-refractivity contribution >= 4 is 16.1 Å². The van der Waals surface area contributed by atoms with Crippen LogP contribution in [0.4, 0.5) is 18.0 Å². The number of hydrogen-bond donors (Lipinski definition) is 1. The van der Waals surface area contributed by atoms with Gasteiger partial charge in [0.05, 0.1) is 10.5 Å². The molecule has 128 valence electrons. The molecule has 0 aliphatic carbocycles. The van der Waals surface area contributed by atoms with Crippen LogP contribution in [-0.4, -0.2) is 54.5 Å². The Morgan fingerprint density at radius 1 is 1.22 bits per heavy atom. The molecule has 0 aromatic heterocycles. The van der Waals surface area contributed by atoms with Crippen LogP contribution in [0.1, 0.15) is 12.5 Å². The summed E-state index contributed by atoms with van der Waals surface area (Å²) in [6.07, 6.45) is -5.67. The van der Waals surface area contributed by atoms with Gasteiger partial charge in [0.1, 0.15) is 0 Å². The van der Waals surface area contributed by atoms with Crippen LogP contribution in [-0.2, 0) is 16.2 Å². The lowest BCUT2D eigenvalue weighted by atomic mass is 10.2. The highest BCUT2D eigenvalue weighted by Crippen LogP contribution is 2.30. The van der Waals surface area contributed by atoms with Crippen LogP contribution in [0.2, 0.25) is 0 Å². The number of hydrogen-bond acceptors (Lipinski definition) is 3. The van der Waals surface area contributed by atoms with Gasteiger partial charge in [0, 0.05) is 25.7 Å². The van der Waals surface area contributed by atoms with E-state index >= 15 is 0 Å². The Morgan fingerprint density at radius 2 is 1.78 bits per heavy atom. The van der Waals surface area contributed by atoms with Crippen molar-refractivity contribution in [3.8, 4) is 0 Å². The predicted molar refractivity (Wildman–Crippen MR) is 74.4 cm³/mol. The van der Waals surface area contributed by atoms with Crippen LogP contribution in [0, 0.1) is 0 Å². The van der Waals surface area contributed by atoms with Crippen molar-refractivity contribution in [1.29, 1.82) is 0 Å². The molecule has 1 fully saturated rings. The molecule has 2 rings (SSSR count). The number of carbonyl (C=O) groups is 1. The SMILES string of the molecule is C[C@@H]1CN(C(=O)O)CCN1S(=O)(=O)c1ccc(C(F)(F)F)cc1. The number of piperazine rings is 1. The van der Waals surface area contributed by atoms with Gasteiger partial charge in [-0.1, -0.05) is 0 Å². The zero-order chi connectivity index (χ0) is 17.4. The van der Waals surface area contributed by atoms with E-state index in [2.05, 4.69) is 0 Å². The van der Waals surface area contributed by atoms with Crippen LogP contribution < -0.4 is 0 Å². The Bertz CT molecular complexity index is 688. The van der Waals surface area contributed by atoms with Gasteiger partial charge in [-0.15, -0.1) is 0 Å². The zero-order valence-corrected chi connectivity index (χ0v) is 12.9. The Morgan fingerprint density at radius 3 is 2.22 bits per heavy atom. The highest BCUT2D eigenvalue weighted by molar-refractivity contribution is 7.89. The molecule has 23 heavy (non-hydrogen) atoms.